The maximum atomic E-state index is 12.1. The second-order valence-electron chi connectivity index (χ2n) is 7.99. The van der Waals surface area contributed by atoms with E-state index in [9.17, 15) is 9.90 Å². The van der Waals surface area contributed by atoms with Gasteiger partial charge >= 0.3 is 0 Å². The number of carbonyl (C=O) groups excluding carboxylic acids is 1. The van der Waals surface area contributed by atoms with Crippen molar-refractivity contribution in [3.63, 3.8) is 0 Å². The summed E-state index contributed by atoms with van der Waals surface area (Å²) in [6.07, 6.45) is 5.75. The van der Waals surface area contributed by atoms with Crippen molar-refractivity contribution in [1.29, 1.82) is 0 Å². The molecule has 0 unspecified atom stereocenters. The topological polar surface area (TPSA) is 46.5 Å². The molecule has 0 radical (unpaired) electrons. The fourth-order valence-electron chi connectivity index (χ4n) is 5.57. The van der Waals surface area contributed by atoms with E-state index in [1.165, 1.54) is 11.1 Å². The van der Waals surface area contributed by atoms with Gasteiger partial charge in [-0.1, -0.05) is 25.6 Å². The number of rotatable bonds is 3. The number of ketones is 1. The summed E-state index contributed by atoms with van der Waals surface area (Å²) in [6, 6.07) is 6.46. The van der Waals surface area contributed by atoms with Crippen molar-refractivity contribution in [2.75, 3.05) is 6.61 Å². The van der Waals surface area contributed by atoms with Crippen molar-refractivity contribution in [2.24, 2.45) is 17.3 Å². The Kier molecular flexibility index (Phi) is 3.80. The van der Waals surface area contributed by atoms with Crippen LogP contribution in [0.5, 0.6) is 5.75 Å². The molecule has 0 bridgehead atoms. The Hall–Kier alpha value is -1.61. The molecule has 3 aliphatic rings. The van der Waals surface area contributed by atoms with Gasteiger partial charge in [-0.2, -0.15) is 0 Å². The molecule has 0 amide bonds. The first-order chi connectivity index (χ1) is 11.5. The van der Waals surface area contributed by atoms with Crippen LogP contribution in [0, 0.1) is 17.3 Å². The number of benzene rings is 1. The molecule has 0 spiro atoms. The summed E-state index contributed by atoms with van der Waals surface area (Å²) < 4.78 is 5.68. The molecule has 3 nitrogen and oxygen atoms in total. The van der Waals surface area contributed by atoms with Crippen molar-refractivity contribution in [2.45, 2.75) is 51.0 Å². The van der Waals surface area contributed by atoms with Crippen molar-refractivity contribution < 1.29 is 14.6 Å². The third-order valence-electron chi connectivity index (χ3n) is 6.85. The lowest BCUT2D eigenvalue weighted by Gasteiger charge is -2.49. The van der Waals surface area contributed by atoms with E-state index in [0.717, 1.165) is 31.4 Å². The fourth-order valence-corrected chi connectivity index (χ4v) is 5.57. The normalized spacial score (nSPS) is 37.3. The summed E-state index contributed by atoms with van der Waals surface area (Å²) in [6.45, 7) is 6.36. The minimum Gasteiger partial charge on any atom is -0.490 e. The van der Waals surface area contributed by atoms with Crippen molar-refractivity contribution in [1.82, 2.24) is 0 Å². The molecule has 1 aromatic rings. The Morgan fingerprint density at radius 2 is 2.25 bits per heavy atom. The van der Waals surface area contributed by atoms with Gasteiger partial charge < -0.3 is 9.84 Å². The maximum Gasteiger partial charge on any atom is 0.162 e. The number of carbonyl (C=O) groups is 1. The highest BCUT2D eigenvalue weighted by atomic mass is 16.5. The Morgan fingerprint density at radius 1 is 1.42 bits per heavy atom. The van der Waals surface area contributed by atoms with E-state index in [-0.39, 0.29) is 11.2 Å². The molecule has 2 saturated carbocycles. The third kappa shape index (κ3) is 2.25. The maximum absolute atomic E-state index is 12.1. The number of aliphatic hydroxyl groups excluding tert-OH is 1. The Bertz CT molecular complexity index is 680. The molecule has 3 heteroatoms. The molecule has 3 aliphatic carbocycles. The van der Waals surface area contributed by atoms with E-state index in [4.69, 9.17) is 4.74 Å². The minimum atomic E-state index is -0.750. The Labute approximate surface area is 143 Å². The van der Waals surface area contributed by atoms with Gasteiger partial charge in [-0.05, 0) is 66.7 Å². The molecule has 0 aliphatic heterocycles. The van der Waals surface area contributed by atoms with Gasteiger partial charge in [-0.25, -0.2) is 0 Å². The standard InChI is InChI=1S/C21H26O3/c1-3-10-24-14-5-7-15-13(11-14)4-6-17-16(15)8-9-21(2)18(17)12-19(22)20(21)23/h3,5,7,11,16-18,20,23H,1,4,6,8-10,12H2,2H3/t16-,17-,18-,20-,21+/m0/s1. The molecule has 4 rings (SSSR count). The summed E-state index contributed by atoms with van der Waals surface area (Å²) in [7, 11) is 0. The first-order valence-corrected chi connectivity index (χ1v) is 9.12. The summed E-state index contributed by atoms with van der Waals surface area (Å²) in [5, 5.41) is 10.4. The summed E-state index contributed by atoms with van der Waals surface area (Å²) in [5.41, 5.74) is 2.63. The van der Waals surface area contributed by atoms with Gasteiger partial charge in [0, 0.05) is 11.8 Å². The Morgan fingerprint density at radius 3 is 3.04 bits per heavy atom. The second kappa shape index (κ2) is 5.73. The van der Waals surface area contributed by atoms with Crippen LogP contribution in [0.3, 0.4) is 0 Å². The number of aliphatic hydroxyl groups is 1. The highest BCUT2D eigenvalue weighted by Gasteiger charge is 2.57. The average Bonchev–Trinajstić information content (AvgIpc) is 2.83. The van der Waals surface area contributed by atoms with E-state index in [1.807, 2.05) is 0 Å². The van der Waals surface area contributed by atoms with Gasteiger partial charge in [0.1, 0.15) is 18.5 Å². The zero-order chi connectivity index (χ0) is 16.9. The summed E-state index contributed by atoms with van der Waals surface area (Å²) >= 11 is 0. The lowest BCUT2D eigenvalue weighted by Crippen LogP contribution is -2.44. The molecular weight excluding hydrogens is 300 g/mol. The number of fused-ring (bicyclic) bond motifs is 5. The zero-order valence-corrected chi connectivity index (χ0v) is 14.3. The molecular formula is C21H26O3. The first-order valence-electron chi connectivity index (χ1n) is 9.12. The van der Waals surface area contributed by atoms with Crippen LogP contribution in [0.15, 0.2) is 30.9 Å². The van der Waals surface area contributed by atoms with Crippen LogP contribution in [-0.2, 0) is 11.2 Å². The lowest BCUT2D eigenvalue weighted by atomic mass is 9.55. The number of hydrogen-bond donors (Lipinski definition) is 1. The third-order valence-corrected chi connectivity index (χ3v) is 6.85. The first kappa shape index (κ1) is 15.9. The van der Waals surface area contributed by atoms with Gasteiger partial charge in [0.2, 0.25) is 0 Å². The van der Waals surface area contributed by atoms with Gasteiger partial charge in [-0.3, -0.25) is 4.79 Å². The number of Topliss-reactive ketones (excluding diaryl/α,β-unsaturated/α-hetero) is 1. The SMILES string of the molecule is C=CCOc1ccc2c(c1)CC[C@H]1[C@H]2CC[C@@]2(C)[C@@H](O)C(=O)C[C@@H]12. The molecule has 5 atom stereocenters. The summed E-state index contributed by atoms with van der Waals surface area (Å²) in [5.74, 6) is 2.36. The van der Waals surface area contributed by atoms with Crippen molar-refractivity contribution >= 4 is 5.78 Å². The van der Waals surface area contributed by atoms with Crippen LogP contribution in [0.2, 0.25) is 0 Å². The molecule has 0 saturated heterocycles. The van der Waals surface area contributed by atoms with Crippen molar-refractivity contribution in [3.8, 4) is 5.75 Å². The highest BCUT2D eigenvalue weighted by Crippen LogP contribution is 2.60. The molecule has 0 heterocycles. The lowest BCUT2D eigenvalue weighted by molar-refractivity contribution is -0.128. The minimum absolute atomic E-state index is 0.0575. The predicted molar refractivity (Wildman–Crippen MR) is 93.1 cm³/mol. The van der Waals surface area contributed by atoms with E-state index in [2.05, 4.69) is 31.7 Å². The molecule has 1 N–H and O–H groups in total. The van der Waals surface area contributed by atoms with Gasteiger partial charge in [0.15, 0.2) is 5.78 Å². The number of aryl methyl sites for hydroxylation is 1. The zero-order valence-electron chi connectivity index (χ0n) is 14.3. The molecule has 128 valence electrons. The second-order valence-corrected chi connectivity index (χ2v) is 7.99. The van der Waals surface area contributed by atoms with E-state index < -0.39 is 6.10 Å². The number of hydrogen-bond acceptors (Lipinski definition) is 3. The highest BCUT2D eigenvalue weighted by molar-refractivity contribution is 5.86. The predicted octanol–water partition coefficient (Wildman–Crippen LogP) is 3.65. The molecule has 2 fully saturated rings. The van der Waals surface area contributed by atoms with E-state index in [1.54, 1.807) is 6.08 Å². The van der Waals surface area contributed by atoms with Gasteiger partial charge in [-0.15, -0.1) is 0 Å². The monoisotopic (exact) mass is 326 g/mol. The molecule has 0 aromatic heterocycles. The van der Waals surface area contributed by atoms with Gasteiger partial charge in [0.25, 0.3) is 0 Å². The van der Waals surface area contributed by atoms with Crippen LogP contribution >= 0.6 is 0 Å². The van der Waals surface area contributed by atoms with Crippen LogP contribution in [0.4, 0.5) is 0 Å². The van der Waals surface area contributed by atoms with Crippen LogP contribution < -0.4 is 4.74 Å². The fraction of sp³-hybridized carbons (Fsp3) is 0.571. The number of ether oxygens (including phenoxy) is 1. The van der Waals surface area contributed by atoms with Crippen molar-refractivity contribution in [3.05, 3.63) is 42.0 Å². The molecule has 24 heavy (non-hydrogen) atoms. The van der Waals surface area contributed by atoms with E-state index >= 15 is 0 Å². The van der Waals surface area contributed by atoms with Crippen LogP contribution in [-0.4, -0.2) is 23.6 Å². The van der Waals surface area contributed by atoms with Crippen LogP contribution in [0.25, 0.3) is 0 Å². The molecule has 1 aromatic carbocycles. The van der Waals surface area contributed by atoms with Gasteiger partial charge in [0.05, 0.1) is 0 Å². The average molecular weight is 326 g/mol. The Balaban J connectivity index is 1.62. The quantitative estimate of drug-likeness (QED) is 0.863. The smallest absolute Gasteiger partial charge is 0.162 e. The van der Waals surface area contributed by atoms with Crippen LogP contribution in [0.1, 0.15) is 49.7 Å². The summed E-state index contributed by atoms with van der Waals surface area (Å²) in [4.78, 5) is 12.1. The largest absolute Gasteiger partial charge is 0.490 e. The van der Waals surface area contributed by atoms with E-state index in [0.29, 0.717) is 30.8 Å².